The van der Waals surface area contributed by atoms with E-state index in [1.807, 2.05) is 12.1 Å². The van der Waals surface area contributed by atoms with Crippen molar-refractivity contribution in [2.75, 3.05) is 7.11 Å². The minimum atomic E-state index is -4.79. The van der Waals surface area contributed by atoms with Crippen LogP contribution in [0.1, 0.15) is 12.0 Å². The summed E-state index contributed by atoms with van der Waals surface area (Å²) in [7, 11) is 1.56. The van der Waals surface area contributed by atoms with Crippen LogP contribution in [-0.4, -0.2) is 29.8 Å². The molecule has 0 saturated carbocycles. The van der Waals surface area contributed by atoms with Gasteiger partial charge in [0, 0.05) is 0 Å². The minimum absolute atomic E-state index is 0.164. The van der Waals surface area contributed by atoms with E-state index in [4.69, 9.17) is 4.74 Å². The van der Waals surface area contributed by atoms with E-state index in [0.717, 1.165) is 10.8 Å². The van der Waals surface area contributed by atoms with Gasteiger partial charge in [-0.05, 0) is 34.5 Å². The monoisotopic (exact) mass is 310 g/mol. The summed E-state index contributed by atoms with van der Waals surface area (Å²) in [6.07, 6.45) is -5.42. The molecule has 1 unspecified atom stereocenters. The number of nitrogens with zero attached hydrogens (tertiary/aromatic N) is 1. The Morgan fingerprint density at radius 1 is 1.18 bits per heavy atom. The highest BCUT2D eigenvalue weighted by molar-refractivity contribution is 6.04. The quantitative estimate of drug-likeness (QED) is 0.897. The van der Waals surface area contributed by atoms with E-state index < -0.39 is 18.3 Å². The lowest BCUT2D eigenvalue weighted by atomic mass is 9.99. The van der Waals surface area contributed by atoms with Crippen molar-refractivity contribution in [3.63, 3.8) is 0 Å². The third-order valence-electron chi connectivity index (χ3n) is 3.65. The van der Waals surface area contributed by atoms with Gasteiger partial charge in [-0.25, -0.2) is 0 Å². The van der Waals surface area contributed by atoms with E-state index in [0.29, 0.717) is 11.3 Å². The molecule has 2 aromatic rings. The van der Waals surface area contributed by atoms with Gasteiger partial charge in [0.15, 0.2) is 0 Å². The fourth-order valence-electron chi connectivity index (χ4n) is 2.34. The molecule has 22 heavy (non-hydrogen) atoms. The molecule has 1 atom stereocenters. The van der Waals surface area contributed by atoms with Crippen molar-refractivity contribution in [3.05, 3.63) is 42.0 Å². The molecule has 1 heterocycles. The number of methoxy groups -OCH3 is 1. The zero-order valence-electron chi connectivity index (χ0n) is 11.6. The molecule has 0 fully saturated rings. The first-order chi connectivity index (χ1) is 10.3. The van der Waals surface area contributed by atoms with Crippen LogP contribution in [-0.2, 0) is 0 Å². The molecule has 0 aromatic heterocycles. The van der Waals surface area contributed by atoms with Crippen molar-refractivity contribution in [2.45, 2.75) is 18.3 Å². The number of benzene rings is 2. The van der Waals surface area contributed by atoms with Crippen LogP contribution in [0, 0.1) is 0 Å². The van der Waals surface area contributed by atoms with Gasteiger partial charge in [0.05, 0.1) is 19.2 Å². The molecule has 0 radical (unpaired) electrons. The van der Waals surface area contributed by atoms with Gasteiger partial charge in [-0.1, -0.05) is 18.2 Å². The van der Waals surface area contributed by atoms with Crippen molar-refractivity contribution in [1.82, 2.24) is 5.43 Å². The van der Waals surface area contributed by atoms with Crippen LogP contribution in [0.2, 0.25) is 0 Å². The van der Waals surface area contributed by atoms with Gasteiger partial charge in [0.2, 0.25) is 0 Å². The van der Waals surface area contributed by atoms with E-state index in [2.05, 4.69) is 5.10 Å². The Hall–Kier alpha value is -2.28. The van der Waals surface area contributed by atoms with Crippen LogP contribution in [0.25, 0.3) is 10.8 Å². The Labute approximate surface area is 124 Å². The molecule has 4 nitrogen and oxygen atoms in total. The number of rotatable bonds is 2. The van der Waals surface area contributed by atoms with E-state index in [-0.39, 0.29) is 5.71 Å². The molecule has 116 valence electrons. The number of hydrogen-bond donors (Lipinski definition) is 2. The molecule has 0 amide bonds. The largest absolute Gasteiger partial charge is 0.497 e. The van der Waals surface area contributed by atoms with Gasteiger partial charge in [-0.15, -0.1) is 0 Å². The summed E-state index contributed by atoms with van der Waals surface area (Å²) in [5.41, 5.74) is -0.519. The first-order valence-corrected chi connectivity index (χ1v) is 6.53. The molecular weight excluding hydrogens is 297 g/mol. The maximum absolute atomic E-state index is 12.8. The van der Waals surface area contributed by atoms with Gasteiger partial charge in [-0.2, -0.15) is 18.3 Å². The molecule has 0 spiro atoms. The summed E-state index contributed by atoms with van der Waals surface area (Å²) < 4.78 is 43.4. The van der Waals surface area contributed by atoms with Gasteiger partial charge < -0.3 is 9.84 Å². The molecule has 3 rings (SSSR count). The molecule has 0 saturated heterocycles. The summed E-state index contributed by atoms with van der Waals surface area (Å²) in [5, 5.41) is 15.0. The van der Waals surface area contributed by atoms with Crippen molar-refractivity contribution in [1.29, 1.82) is 0 Å². The van der Waals surface area contributed by atoms with E-state index in [1.54, 1.807) is 36.8 Å². The second-order valence-electron chi connectivity index (χ2n) is 5.13. The normalized spacial score (nSPS) is 21.6. The summed E-state index contributed by atoms with van der Waals surface area (Å²) in [4.78, 5) is 0. The lowest BCUT2D eigenvalue weighted by Crippen LogP contribution is -2.52. The van der Waals surface area contributed by atoms with Gasteiger partial charge in [0.1, 0.15) is 5.75 Å². The van der Waals surface area contributed by atoms with Crippen molar-refractivity contribution >= 4 is 16.5 Å². The predicted octanol–water partition coefficient (Wildman–Crippen LogP) is 2.80. The SMILES string of the molecule is COc1ccc2cc(C3=NNC(O)(C(F)(F)F)C3)ccc2c1. The number of nitrogens with one attached hydrogen (secondary N) is 1. The molecule has 7 heteroatoms. The van der Waals surface area contributed by atoms with Crippen LogP contribution in [0.15, 0.2) is 41.5 Å². The smallest absolute Gasteiger partial charge is 0.438 e. The van der Waals surface area contributed by atoms with Gasteiger partial charge >= 0.3 is 6.18 Å². The van der Waals surface area contributed by atoms with Crippen LogP contribution in [0.3, 0.4) is 0 Å². The number of hydrogen-bond acceptors (Lipinski definition) is 4. The first-order valence-electron chi connectivity index (χ1n) is 6.53. The van der Waals surface area contributed by atoms with Crippen LogP contribution in [0.5, 0.6) is 5.75 Å². The number of hydrazone groups is 1. The van der Waals surface area contributed by atoms with Crippen LogP contribution < -0.4 is 10.2 Å². The lowest BCUT2D eigenvalue weighted by molar-refractivity contribution is -0.266. The average Bonchev–Trinajstić information content (AvgIpc) is 2.90. The number of aliphatic hydroxyl groups is 1. The Morgan fingerprint density at radius 2 is 1.86 bits per heavy atom. The zero-order chi connectivity index (χ0) is 16.0. The fraction of sp³-hybridized carbons (Fsp3) is 0.267. The highest BCUT2D eigenvalue weighted by Gasteiger charge is 2.57. The van der Waals surface area contributed by atoms with Crippen LogP contribution >= 0.6 is 0 Å². The summed E-state index contributed by atoms with van der Waals surface area (Å²) in [6.45, 7) is 0. The van der Waals surface area contributed by atoms with Crippen molar-refractivity contribution < 1.29 is 23.0 Å². The number of fused-ring (bicyclic) bond motifs is 1. The topological polar surface area (TPSA) is 53.8 Å². The Balaban J connectivity index is 1.92. The lowest BCUT2D eigenvalue weighted by Gasteiger charge is -2.24. The maximum Gasteiger partial charge on any atom is 0.438 e. The third-order valence-corrected chi connectivity index (χ3v) is 3.65. The number of alkyl halides is 3. The van der Waals surface area contributed by atoms with E-state index >= 15 is 0 Å². The molecule has 0 bridgehead atoms. The third kappa shape index (κ3) is 2.37. The Morgan fingerprint density at radius 3 is 2.50 bits per heavy atom. The van der Waals surface area contributed by atoms with Gasteiger partial charge in [-0.3, -0.25) is 5.43 Å². The summed E-state index contributed by atoms with van der Waals surface area (Å²) in [5.74, 6) is 0.701. The Bertz CT molecular complexity index is 758. The highest BCUT2D eigenvalue weighted by Crippen LogP contribution is 2.35. The second kappa shape index (κ2) is 4.88. The zero-order valence-corrected chi connectivity index (χ0v) is 11.6. The second-order valence-corrected chi connectivity index (χ2v) is 5.13. The fourth-order valence-corrected chi connectivity index (χ4v) is 2.34. The first kappa shape index (κ1) is 14.6. The standard InChI is InChI=1S/C15H13F3N2O2/c1-22-12-5-4-9-6-11(3-2-10(9)7-12)13-8-14(21,20-19-13)15(16,17)18/h2-7,20-21H,8H2,1H3. The summed E-state index contributed by atoms with van der Waals surface area (Å²) in [6, 6.07) is 10.6. The molecule has 1 aliphatic rings. The van der Waals surface area contributed by atoms with Crippen LogP contribution in [0.4, 0.5) is 13.2 Å². The molecular formula is C15H13F3N2O2. The molecule has 1 aliphatic heterocycles. The van der Waals surface area contributed by atoms with Crippen molar-refractivity contribution in [2.24, 2.45) is 5.10 Å². The van der Waals surface area contributed by atoms with Gasteiger partial charge in [0.25, 0.3) is 5.72 Å². The minimum Gasteiger partial charge on any atom is -0.497 e. The maximum atomic E-state index is 12.8. The highest BCUT2D eigenvalue weighted by atomic mass is 19.4. The number of halogens is 3. The van der Waals surface area contributed by atoms with E-state index in [9.17, 15) is 18.3 Å². The number of ether oxygens (including phenoxy) is 1. The average molecular weight is 310 g/mol. The summed E-state index contributed by atoms with van der Waals surface area (Å²) >= 11 is 0. The molecule has 0 aliphatic carbocycles. The predicted molar refractivity (Wildman–Crippen MR) is 75.8 cm³/mol. The Kier molecular flexibility index (Phi) is 3.25. The van der Waals surface area contributed by atoms with E-state index in [1.165, 1.54) is 0 Å². The van der Waals surface area contributed by atoms with Crippen molar-refractivity contribution in [3.8, 4) is 5.75 Å². The molecule has 2 aromatic carbocycles. The molecule has 2 N–H and O–H groups in total.